The van der Waals surface area contributed by atoms with Crippen LogP contribution in [0.25, 0.3) is 10.9 Å². The second-order valence-corrected chi connectivity index (χ2v) is 7.48. The number of aromatic amines is 1. The summed E-state index contributed by atoms with van der Waals surface area (Å²) in [5.74, 6) is -0.368. The number of fused-ring (bicyclic) bond motifs is 1. The van der Waals surface area contributed by atoms with Gasteiger partial charge in [-0.05, 0) is 35.8 Å². The van der Waals surface area contributed by atoms with E-state index in [1.807, 2.05) is 18.3 Å². The number of nitrogens with one attached hydrogen (secondary N) is 1. The van der Waals surface area contributed by atoms with Crippen LogP contribution in [0.4, 0.5) is 0 Å². The summed E-state index contributed by atoms with van der Waals surface area (Å²) >= 11 is 0. The molecule has 24 heavy (non-hydrogen) atoms. The van der Waals surface area contributed by atoms with Crippen molar-refractivity contribution < 1.29 is 15.0 Å². The van der Waals surface area contributed by atoms with Crippen LogP contribution < -0.4 is 0 Å². The Morgan fingerprint density at radius 1 is 1.29 bits per heavy atom. The normalized spacial score (nSPS) is 28.3. The van der Waals surface area contributed by atoms with Gasteiger partial charge < -0.3 is 15.2 Å². The third-order valence-electron chi connectivity index (χ3n) is 5.71. The van der Waals surface area contributed by atoms with Gasteiger partial charge in [-0.3, -0.25) is 9.69 Å². The fourth-order valence-corrected chi connectivity index (χ4v) is 4.16. The standard InChI is InChI=1S/C19H24N2O3/c22-16-7-9-21(12-19(16,18(23)24)10-13-4-5-13)11-15-3-1-2-14-6-8-20-17(14)15/h1-3,6,8,13,16,20,22H,4-5,7,9-12H2,(H,23,24)/t16-,19-/m1/s1. The van der Waals surface area contributed by atoms with Gasteiger partial charge >= 0.3 is 5.97 Å². The topological polar surface area (TPSA) is 76.6 Å². The largest absolute Gasteiger partial charge is 0.481 e. The predicted molar refractivity (Wildman–Crippen MR) is 91.6 cm³/mol. The molecule has 2 fully saturated rings. The van der Waals surface area contributed by atoms with Gasteiger partial charge in [0.25, 0.3) is 0 Å². The first-order valence-corrected chi connectivity index (χ1v) is 8.77. The number of piperidine rings is 1. The van der Waals surface area contributed by atoms with Crippen LogP contribution in [0, 0.1) is 11.3 Å². The van der Waals surface area contributed by atoms with E-state index in [0.717, 1.165) is 24.9 Å². The lowest BCUT2D eigenvalue weighted by Gasteiger charge is -2.43. The van der Waals surface area contributed by atoms with Gasteiger partial charge in [-0.1, -0.05) is 31.0 Å². The SMILES string of the molecule is O=C(O)[C@]1(CC2CC2)CN(Cc2cccc3cc[nH]c23)CC[C@H]1O. The maximum Gasteiger partial charge on any atom is 0.313 e. The highest BCUT2D eigenvalue weighted by atomic mass is 16.4. The minimum absolute atomic E-state index is 0.428. The van der Waals surface area contributed by atoms with Gasteiger partial charge in [0.15, 0.2) is 0 Å². The fourth-order valence-electron chi connectivity index (χ4n) is 4.16. The Morgan fingerprint density at radius 3 is 2.88 bits per heavy atom. The molecular weight excluding hydrogens is 304 g/mol. The second kappa shape index (κ2) is 5.90. The third-order valence-corrected chi connectivity index (χ3v) is 5.71. The van der Waals surface area contributed by atoms with Crippen molar-refractivity contribution in [2.45, 2.75) is 38.3 Å². The van der Waals surface area contributed by atoms with E-state index in [1.165, 1.54) is 10.9 Å². The van der Waals surface area contributed by atoms with Crippen LogP contribution in [0.3, 0.4) is 0 Å². The summed E-state index contributed by atoms with van der Waals surface area (Å²) in [6, 6.07) is 8.25. The number of rotatable bonds is 5. The molecule has 5 heteroatoms. The summed E-state index contributed by atoms with van der Waals surface area (Å²) in [4.78, 5) is 17.5. The molecule has 2 atom stereocenters. The molecule has 0 unspecified atom stereocenters. The Morgan fingerprint density at radius 2 is 2.12 bits per heavy atom. The number of carboxylic acid groups (broad SMARTS) is 1. The molecule has 2 aliphatic rings. The van der Waals surface area contributed by atoms with Crippen molar-refractivity contribution in [1.82, 2.24) is 9.88 Å². The number of likely N-dealkylation sites (tertiary alicyclic amines) is 1. The molecule has 128 valence electrons. The maximum absolute atomic E-state index is 12.0. The van der Waals surface area contributed by atoms with Crippen LogP contribution in [0.1, 0.15) is 31.2 Å². The minimum atomic E-state index is -1.01. The molecule has 2 heterocycles. The zero-order valence-corrected chi connectivity index (χ0v) is 13.7. The quantitative estimate of drug-likeness (QED) is 0.788. The lowest BCUT2D eigenvalue weighted by molar-refractivity contribution is -0.165. The van der Waals surface area contributed by atoms with Crippen LogP contribution in [-0.2, 0) is 11.3 Å². The summed E-state index contributed by atoms with van der Waals surface area (Å²) in [5, 5.41) is 21.5. The summed E-state index contributed by atoms with van der Waals surface area (Å²) in [6.45, 7) is 1.87. The van der Waals surface area contributed by atoms with Crippen LogP contribution in [-0.4, -0.2) is 45.3 Å². The lowest BCUT2D eigenvalue weighted by Crippen LogP contribution is -2.56. The molecule has 1 aromatic carbocycles. The molecule has 2 aromatic rings. The number of benzene rings is 1. The lowest BCUT2D eigenvalue weighted by atomic mass is 9.73. The predicted octanol–water partition coefficient (Wildman–Crippen LogP) is 2.61. The van der Waals surface area contributed by atoms with Crippen LogP contribution in [0.2, 0.25) is 0 Å². The number of nitrogens with zero attached hydrogens (tertiary/aromatic N) is 1. The number of carboxylic acids is 1. The smallest absolute Gasteiger partial charge is 0.313 e. The highest BCUT2D eigenvalue weighted by molar-refractivity contribution is 5.82. The van der Waals surface area contributed by atoms with Crippen molar-refractivity contribution in [2.24, 2.45) is 11.3 Å². The average molecular weight is 328 g/mol. The third kappa shape index (κ3) is 2.72. The molecule has 3 N–H and O–H groups in total. The van der Waals surface area contributed by atoms with Crippen molar-refractivity contribution >= 4 is 16.9 Å². The van der Waals surface area contributed by atoms with E-state index in [1.54, 1.807) is 0 Å². The van der Waals surface area contributed by atoms with Crippen LogP contribution in [0.5, 0.6) is 0 Å². The Hall–Kier alpha value is -1.85. The van der Waals surface area contributed by atoms with Crippen LogP contribution >= 0.6 is 0 Å². The molecule has 1 aliphatic heterocycles. The summed E-state index contributed by atoms with van der Waals surface area (Å²) in [7, 11) is 0. The molecule has 0 radical (unpaired) electrons. The number of aromatic nitrogens is 1. The average Bonchev–Trinajstić information content (AvgIpc) is 3.23. The number of carbonyl (C=O) groups is 1. The number of hydrogen-bond acceptors (Lipinski definition) is 3. The van der Waals surface area contributed by atoms with Crippen molar-refractivity contribution in [3.8, 4) is 0 Å². The summed E-state index contributed by atoms with van der Waals surface area (Å²) < 4.78 is 0. The molecule has 4 rings (SSSR count). The van der Waals surface area contributed by atoms with Gasteiger partial charge in [-0.2, -0.15) is 0 Å². The number of aliphatic carboxylic acids is 1. The van der Waals surface area contributed by atoms with E-state index in [-0.39, 0.29) is 0 Å². The van der Waals surface area contributed by atoms with E-state index in [4.69, 9.17) is 0 Å². The van der Waals surface area contributed by atoms with E-state index in [0.29, 0.717) is 31.8 Å². The number of aliphatic hydroxyl groups excluding tert-OH is 1. The Bertz CT molecular complexity index is 752. The highest BCUT2D eigenvalue weighted by Gasteiger charge is 2.51. The van der Waals surface area contributed by atoms with Crippen molar-refractivity contribution in [2.75, 3.05) is 13.1 Å². The first-order chi connectivity index (χ1) is 11.6. The summed E-state index contributed by atoms with van der Waals surface area (Å²) in [6.07, 6.45) is 4.52. The van der Waals surface area contributed by atoms with Gasteiger partial charge in [-0.15, -0.1) is 0 Å². The number of hydrogen-bond donors (Lipinski definition) is 3. The van der Waals surface area contributed by atoms with Gasteiger partial charge in [0.05, 0.1) is 6.10 Å². The molecule has 1 saturated carbocycles. The van der Waals surface area contributed by atoms with Crippen molar-refractivity contribution in [1.29, 1.82) is 0 Å². The number of aliphatic hydroxyl groups is 1. The molecular formula is C19H24N2O3. The molecule has 1 saturated heterocycles. The monoisotopic (exact) mass is 328 g/mol. The van der Waals surface area contributed by atoms with Gasteiger partial charge in [0.1, 0.15) is 5.41 Å². The highest BCUT2D eigenvalue weighted by Crippen LogP contribution is 2.45. The van der Waals surface area contributed by atoms with E-state index in [2.05, 4.69) is 22.0 Å². The zero-order chi connectivity index (χ0) is 16.7. The summed E-state index contributed by atoms with van der Waals surface area (Å²) in [5.41, 5.74) is 1.29. The molecule has 1 aliphatic carbocycles. The van der Waals surface area contributed by atoms with Gasteiger partial charge in [-0.25, -0.2) is 0 Å². The van der Waals surface area contributed by atoms with Crippen molar-refractivity contribution in [3.63, 3.8) is 0 Å². The second-order valence-electron chi connectivity index (χ2n) is 7.48. The molecule has 0 amide bonds. The molecule has 0 spiro atoms. The number of H-pyrrole nitrogens is 1. The first-order valence-electron chi connectivity index (χ1n) is 8.77. The Kier molecular flexibility index (Phi) is 3.85. The van der Waals surface area contributed by atoms with E-state index < -0.39 is 17.5 Å². The fraction of sp³-hybridized carbons (Fsp3) is 0.526. The van der Waals surface area contributed by atoms with Gasteiger partial charge in [0.2, 0.25) is 0 Å². The molecule has 1 aromatic heterocycles. The van der Waals surface area contributed by atoms with Crippen LogP contribution in [0.15, 0.2) is 30.5 Å². The Balaban J connectivity index is 1.57. The van der Waals surface area contributed by atoms with Crippen molar-refractivity contribution in [3.05, 3.63) is 36.0 Å². The Labute approximate surface area is 141 Å². The molecule has 5 nitrogen and oxygen atoms in total. The van der Waals surface area contributed by atoms with E-state index in [9.17, 15) is 15.0 Å². The maximum atomic E-state index is 12.0. The minimum Gasteiger partial charge on any atom is -0.481 e. The zero-order valence-electron chi connectivity index (χ0n) is 13.7. The van der Waals surface area contributed by atoms with Gasteiger partial charge in [0, 0.05) is 31.3 Å². The first kappa shape index (κ1) is 15.7. The number of para-hydroxylation sites is 1. The van der Waals surface area contributed by atoms with E-state index >= 15 is 0 Å². The molecule has 0 bridgehead atoms.